The van der Waals surface area contributed by atoms with E-state index in [4.69, 9.17) is 23.2 Å². The number of hydrogen-bond donors (Lipinski definition) is 2. The lowest BCUT2D eigenvalue weighted by molar-refractivity contribution is -0.274. The van der Waals surface area contributed by atoms with Crippen LogP contribution in [0.25, 0.3) is 0 Å². The summed E-state index contributed by atoms with van der Waals surface area (Å²) in [6, 6.07) is 3.17. The fraction of sp³-hybridized carbons (Fsp3) is 0.214. The smallest absolute Gasteiger partial charge is 0.480 e. The highest BCUT2D eigenvalue weighted by Crippen LogP contribution is 2.32. The van der Waals surface area contributed by atoms with Crippen molar-refractivity contribution in [3.8, 4) is 5.75 Å². The number of hydrogen-bond acceptors (Lipinski definition) is 5. The van der Waals surface area contributed by atoms with Gasteiger partial charge in [-0.05, 0) is 35.9 Å². The number of carbonyl (C=O) groups is 1. The van der Waals surface area contributed by atoms with Crippen LogP contribution in [0, 0.1) is 0 Å². The molecule has 0 saturated heterocycles. The number of rotatable bonds is 7. The minimum atomic E-state index is -4.92. The summed E-state index contributed by atoms with van der Waals surface area (Å²) in [5, 5.41) is 9.27. The Balaban J connectivity index is 2.19. The second kappa shape index (κ2) is 8.23. The van der Waals surface area contributed by atoms with Crippen LogP contribution in [0.5, 0.6) is 5.75 Å². The Morgan fingerprint density at radius 1 is 1.26 bits per heavy atom. The van der Waals surface area contributed by atoms with Crippen molar-refractivity contribution in [3.63, 3.8) is 0 Å². The van der Waals surface area contributed by atoms with Gasteiger partial charge in [-0.3, -0.25) is 4.79 Å². The van der Waals surface area contributed by atoms with Crippen LogP contribution in [-0.2, 0) is 21.2 Å². The molecule has 0 fully saturated rings. The summed E-state index contributed by atoms with van der Waals surface area (Å²) in [6.45, 7) is 0. The zero-order valence-electron chi connectivity index (χ0n) is 13.0. The highest BCUT2D eigenvalue weighted by molar-refractivity contribution is 7.89. The van der Waals surface area contributed by atoms with E-state index in [1.807, 2.05) is 4.72 Å². The number of carboxylic acid groups (broad SMARTS) is 1. The molecule has 1 heterocycles. The minimum Gasteiger partial charge on any atom is -0.480 e. The van der Waals surface area contributed by atoms with Crippen molar-refractivity contribution in [3.05, 3.63) is 44.6 Å². The van der Waals surface area contributed by atoms with Crippen molar-refractivity contribution in [2.24, 2.45) is 0 Å². The molecule has 2 N–H and O–H groups in total. The molecule has 6 nitrogen and oxygen atoms in total. The molecule has 2 rings (SSSR count). The van der Waals surface area contributed by atoms with Crippen LogP contribution in [0.4, 0.5) is 13.2 Å². The molecule has 0 spiro atoms. The maximum atomic E-state index is 12.3. The number of benzene rings is 1. The van der Waals surface area contributed by atoms with Gasteiger partial charge in [-0.2, -0.15) is 4.72 Å². The van der Waals surface area contributed by atoms with Crippen LogP contribution < -0.4 is 9.46 Å². The van der Waals surface area contributed by atoms with Crippen LogP contribution in [0.2, 0.25) is 8.67 Å². The molecule has 0 unspecified atom stereocenters. The van der Waals surface area contributed by atoms with Crippen molar-refractivity contribution in [2.75, 3.05) is 0 Å². The van der Waals surface area contributed by atoms with E-state index in [-0.39, 0.29) is 10.8 Å². The Hall–Kier alpha value is -1.53. The number of nitrogens with one attached hydrogen (secondary N) is 1. The second-order valence-electron chi connectivity index (χ2n) is 5.08. The molecule has 0 radical (unpaired) electrons. The van der Waals surface area contributed by atoms with E-state index in [2.05, 4.69) is 4.74 Å². The van der Waals surface area contributed by atoms with E-state index in [1.165, 1.54) is 6.07 Å². The molecule has 13 heteroatoms. The van der Waals surface area contributed by atoms with Gasteiger partial charge in [0.25, 0.3) is 0 Å². The van der Waals surface area contributed by atoms with Gasteiger partial charge in [-0.15, -0.1) is 24.5 Å². The van der Waals surface area contributed by atoms with Crippen LogP contribution in [0.1, 0.15) is 5.56 Å². The second-order valence-corrected chi connectivity index (χ2v) is 9.08. The van der Waals surface area contributed by atoms with Crippen LogP contribution in [0.3, 0.4) is 0 Å². The van der Waals surface area contributed by atoms with Gasteiger partial charge in [0.05, 0.1) is 13.6 Å². The predicted molar refractivity (Wildman–Crippen MR) is 92.9 cm³/mol. The first kappa shape index (κ1) is 21.8. The monoisotopic (exact) mass is 463 g/mol. The predicted octanol–water partition coefficient (Wildman–Crippen LogP) is 3.93. The molecular weight excluding hydrogens is 454 g/mol. The average Bonchev–Trinajstić information content (AvgIpc) is 2.83. The molecule has 1 atom stereocenters. The first-order valence-corrected chi connectivity index (χ1v) is 9.97. The maximum Gasteiger partial charge on any atom is 0.573 e. The lowest BCUT2D eigenvalue weighted by atomic mass is 10.1. The lowest BCUT2D eigenvalue weighted by Gasteiger charge is -2.15. The van der Waals surface area contributed by atoms with Gasteiger partial charge in [0, 0.05) is 6.42 Å². The van der Waals surface area contributed by atoms with Gasteiger partial charge < -0.3 is 9.84 Å². The largest absolute Gasteiger partial charge is 0.573 e. The quantitative estimate of drug-likeness (QED) is 0.648. The third-order valence-corrected chi connectivity index (χ3v) is 6.17. The van der Waals surface area contributed by atoms with E-state index < -0.39 is 39.0 Å². The molecule has 0 bridgehead atoms. The van der Waals surface area contributed by atoms with Gasteiger partial charge in [0.1, 0.15) is 11.8 Å². The van der Waals surface area contributed by atoms with Crippen molar-refractivity contribution in [1.29, 1.82) is 0 Å². The van der Waals surface area contributed by atoms with Crippen LogP contribution in [0.15, 0.2) is 35.2 Å². The topological polar surface area (TPSA) is 92.7 Å². The average molecular weight is 464 g/mol. The summed E-state index contributed by atoms with van der Waals surface area (Å²) < 4.78 is 67.2. The molecule has 0 amide bonds. The van der Waals surface area contributed by atoms with Crippen molar-refractivity contribution < 1.29 is 36.2 Å². The summed E-state index contributed by atoms with van der Waals surface area (Å²) in [6.07, 6.45) is -5.19. The number of ether oxygens (including phenoxy) is 1. The molecule has 1 aromatic carbocycles. The Kier molecular flexibility index (Phi) is 6.63. The molecule has 0 aliphatic carbocycles. The van der Waals surface area contributed by atoms with Gasteiger partial charge in [-0.1, -0.05) is 23.2 Å². The summed E-state index contributed by atoms with van der Waals surface area (Å²) >= 11 is 12.7. The van der Waals surface area contributed by atoms with Crippen molar-refractivity contribution in [1.82, 2.24) is 4.72 Å². The molecule has 0 aliphatic rings. The van der Waals surface area contributed by atoms with Crippen LogP contribution >= 0.6 is 34.5 Å². The first-order valence-electron chi connectivity index (χ1n) is 6.92. The Morgan fingerprint density at radius 2 is 1.85 bits per heavy atom. The summed E-state index contributed by atoms with van der Waals surface area (Å²) in [4.78, 5) is 11.0. The molecule has 27 heavy (non-hydrogen) atoms. The van der Waals surface area contributed by atoms with Gasteiger partial charge in [0.2, 0.25) is 10.0 Å². The molecule has 0 saturated carbocycles. The fourth-order valence-electron chi connectivity index (χ4n) is 1.99. The summed E-state index contributed by atoms with van der Waals surface area (Å²) in [5.74, 6) is -2.08. The molecular formula is C14H10Cl2F3NO5S2. The normalized spacial score (nSPS) is 13.4. The molecule has 1 aromatic heterocycles. The SMILES string of the molecule is O=C(O)[C@@H](Cc1cc(Cl)sc1Cl)NS(=O)(=O)c1ccc(OC(F)(F)F)cc1. The van der Waals surface area contributed by atoms with Crippen LogP contribution in [-0.4, -0.2) is 31.9 Å². The maximum absolute atomic E-state index is 12.3. The van der Waals surface area contributed by atoms with Crippen molar-refractivity contribution in [2.45, 2.75) is 23.7 Å². The highest BCUT2D eigenvalue weighted by atomic mass is 35.5. The highest BCUT2D eigenvalue weighted by Gasteiger charge is 2.31. The van der Waals surface area contributed by atoms with E-state index >= 15 is 0 Å². The number of alkyl halides is 3. The number of sulfonamides is 1. The standard InChI is InChI=1S/C14H10Cl2F3NO5S2/c15-11-6-7(12(16)26-11)5-10(13(21)22)20-27(23,24)9-3-1-8(2-4-9)25-14(17,18)19/h1-4,6,10,20H,5H2,(H,21,22)/t10-/m1/s1. The number of carboxylic acids is 1. The lowest BCUT2D eigenvalue weighted by Crippen LogP contribution is -2.42. The molecule has 2 aromatic rings. The zero-order chi connectivity index (χ0) is 20.4. The summed E-state index contributed by atoms with van der Waals surface area (Å²) in [7, 11) is -4.33. The molecule has 0 aliphatic heterocycles. The third kappa shape index (κ3) is 6.25. The molecule has 148 valence electrons. The summed E-state index contributed by atoms with van der Waals surface area (Å²) in [5.41, 5.74) is 0.343. The number of halogens is 5. The van der Waals surface area contributed by atoms with Gasteiger partial charge in [0.15, 0.2) is 0 Å². The van der Waals surface area contributed by atoms with E-state index in [9.17, 15) is 31.5 Å². The van der Waals surface area contributed by atoms with Gasteiger partial charge in [-0.25, -0.2) is 8.42 Å². The first-order chi connectivity index (χ1) is 12.4. The number of thiophene rings is 1. The fourth-order valence-corrected chi connectivity index (χ4v) is 4.69. The van der Waals surface area contributed by atoms with E-state index in [1.54, 1.807) is 0 Å². The Morgan fingerprint density at radius 3 is 2.30 bits per heavy atom. The minimum absolute atomic E-state index is 0.221. The van der Waals surface area contributed by atoms with E-state index in [0.717, 1.165) is 35.6 Å². The Labute approximate surface area is 165 Å². The van der Waals surface area contributed by atoms with Crippen molar-refractivity contribution >= 4 is 50.5 Å². The Bertz CT molecular complexity index is 929. The van der Waals surface area contributed by atoms with Gasteiger partial charge >= 0.3 is 12.3 Å². The van der Waals surface area contributed by atoms with E-state index in [0.29, 0.717) is 9.90 Å². The number of aliphatic carboxylic acids is 1. The third-order valence-electron chi connectivity index (χ3n) is 3.11. The zero-order valence-corrected chi connectivity index (χ0v) is 16.1.